The molecule has 0 aliphatic rings. The van der Waals surface area contributed by atoms with Gasteiger partial charge in [-0.05, 0) is 24.6 Å². The Hall–Kier alpha value is -1.82. The van der Waals surface area contributed by atoms with Crippen LogP contribution in [0.5, 0.6) is 0 Å². The van der Waals surface area contributed by atoms with E-state index in [1.807, 2.05) is 6.92 Å². The quantitative estimate of drug-likeness (QED) is 0.896. The van der Waals surface area contributed by atoms with Gasteiger partial charge in [0.15, 0.2) is 0 Å². The summed E-state index contributed by atoms with van der Waals surface area (Å²) < 4.78 is 38.4. The minimum atomic E-state index is -4.37. The molecule has 18 heavy (non-hydrogen) atoms. The standard InChI is InChI=1S/C12H12F3N3/c1-8(16)9-2-4-11(5-3-9)18-7-10(6-17-18)12(13,14)15/h2-8H,16H2,1H3/t8-/m1/s1. The zero-order valence-electron chi connectivity index (χ0n) is 9.65. The summed E-state index contributed by atoms with van der Waals surface area (Å²) >= 11 is 0. The average Bonchev–Trinajstić information content (AvgIpc) is 2.78. The highest BCUT2D eigenvalue weighted by molar-refractivity contribution is 5.35. The Morgan fingerprint density at radius 1 is 1.22 bits per heavy atom. The summed E-state index contributed by atoms with van der Waals surface area (Å²) in [5, 5.41) is 3.69. The van der Waals surface area contributed by atoms with Crippen molar-refractivity contribution < 1.29 is 13.2 Å². The van der Waals surface area contributed by atoms with Gasteiger partial charge in [-0.15, -0.1) is 0 Å². The van der Waals surface area contributed by atoms with E-state index in [1.54, 1.807) is 24.3 Å². The molecule has 0 aliphatic heterocycles. The lowest BCUT2D eigenvalue weighted by Gasteiger charge is -2.07. The van der Waals surface area contributed by atoms with Crippen molar-refractivity contribution in [3.8, 4) is 5.69 Å². The van der Waals surface area contributed by atoms with Crippen molar-refractivity contribution in [2.75, 3.05) is 0 Å². The van der Waals surface area contributed by atoms with E-state index in [9.17, 15) is 13.2 Å². The van der Waals surface area contributed by atoms with Gasteiger partial charge in [0.25, 0.3) is 0 Å². The Morgan fingerprint density at radius 3 is 2.28 bits per heavy atom. The Kier molecular flexibility index (Phi) is 3.13. The van der Waals surface area contributed by atoms with Gasteiger partial charge >= 0.3 is 6.18 Å². The predicted molar refractivity (Wildman–Crippen MR) is 61.2 cm³/mol. The lowest BCUT2D eigenvalue weighted by atomic mass is 10.1. The maximum atomic E-state index is 12.4. The molecule has 0 bridgehead atoms. The van der Waals surface area contributed by atoms with E-state index >= 15 is 0 Å². The second-order valence-electron chi connectivity index (χ2n) is 4.05. The fourth-order valence-corrected chi connectivity index (χ4v) is 1.54. The lowest BCUT2D eigenvalue weighted by molar-refractivity contribution is -0.137. The largest absolute Gasteiger partial charge is 0.419 e. The third kappa shape index (κ3) is 2.53. The van der Waals surface area contributed by atoms with Crippen molar-refractivity contribution in [3.63, 3.8) is 0 Å². The topological polar surface area (TPSA) is 43.8 Å². The van der Waals surface area contributed by atoms with Gasteiger partial charge in [0, 0.05) is 12.2 Å². The first-order valence-electron chi connectivity index (χ1n) is 5.36. The van der Waals surface area contributed by atoms with Crippen molar-refractivity contribution in [1.29, 1.82) is 0 Å². The summed E-state index contributed by atoms with van der Waals surface area (Å²) in [6, 6.07) is 6.81. The molecule has 1 aromatic heterocycles. The lowest BCUT2D eigenvalue weighted by Crippen LogP contribution is -2.05. The zero-order chi connectivity index (χ0) is 13.3. The number of halogens is 3. The van der Waals surface area contributed by atoms with Gasteiger partial charge < -0.3 is 5.73 Å². The number of nitrogens with two attached hydrogens (primary N) is 1. The van der Waals surface area contributed by atoms with Crippen LogP contribution in [-0.4, -0.2) is 9.78 Å². The first-order chi connectivity index (χ1) is 8.38. The maximum Gasteiger partial charge on any atom is 0.419 e. The van der Waals surface area contributed by atoms with Gasteiger partial charge in [-0.1, -0.05) is 12.1 Å². The molecule has 0 saturated carbocycles. The first-order valence-corrected chi connectivity index (χ1v) is 5.36. The monoisotopic (exact) mass is 255 g/mol. The third-order valence-electron chi connectivity index (χ3n) is 2.59. The highest BCUT2D eigenvalue weighted by Crippen LogP contribution is 2.29. The summed E-state index contributed by atoms with van der Waals surface area (Å²) in [6.45, 7) is 1.84. The molecule has 6 heteroatoms. The van der Waals surface area contributed by atoms with Crippen molar-refractivity contribution in [3.05, 3.63) is 47.8 Å². The molecular formula is C12H12F3N3. The summed E-state index contributed by atoms with van der Waals surface area (Å²) in [4.78, 5) is 0. The zero-order valence-corrected chi connectivity index (χ0v) is 9.65. The van der Waals surface area contributed by atoms with Gasteiger partial charge in [-0.2, -0.15) is 18.3 Å². The Labute approximate surface area is 102 Å². The molecule has 1 atom stereocenters. The van der Waals surface area contributed by atoms with Crippen LogP contribution in [0.1, 0.15) is 24.1 Å². The molecule has 1 heterocycles. The van der Waals surface area contributed by atoms with Crippen molar-refractivity contribution in [2.45, 2.75) is 19.1 Å². The summed E-state index contributed by atoms with van der Waals surface area (Å²) in [5.41, 5.74) is 6.41. The number of hydrogen-bond acceptors (Lipinski definition) is 2. The normalized spacial score (nSPS) is 13.6. The minimum absolute atomic E-state index is 0.109. The molecular weight excluding hydrogens is 243 g/mol. The van der Waals surface area contributed by atoms with Crippen molar-refractivity contribution in [1.82, 2.24) is 9.78 Å². The van der Waals surface area contributed by atoms with E-state index in [1.165, 1.54) is 4.68 Å². The highest BCUT2D eigenvalue weighted by Gasteiger charge is 2.32. The average molecular weight is 255 g/mol. The molecule has 0 amide bonds. The molecule has 0 unspecified atom stereocenters. The minimum Gasteiger partial charge on any atom is -0.324 e. The van der Waals surface area contributed by atoms with Crippen molar-refractivity contribution >= 4 is 0 Å². The molecule has 2 rings (SSSR count). The highest BCUT2D eigenvalue weighted by atomic mass is 19.4. The Balaban J connectivity index is 2.29. The van der Waals surface area contributed by atoms with E-state index in [4.69, 9.17) is 5.73 Å². The third-order valence-corrected chi connectivity index (χ3v) is 2.59. The molecule has 96 valence electrons. The molecule has 0 aliphatic carbocycles. The molecule has 2 N–H and O–H groups in total. The van der Waals surface area contributed by atoms with Crippen molar-refractivity contribution in [2.24, 2.45) is 5.73 Å². The van der Waals surface area contributed by atoms with Gasteiger partial charge in [0.2, 0.25) is 0 Å². The second-order valence-corrected chi connectivity index (χ2v) is 4.05. The van der Waals surface area contributed by atoms with E-state index in [-0.39, 0.29) is 6.04 Å². The summed E-state index contributed by atoms with van der Waals surface area (Å²) in [7, 11) is 0. The molecule has 0 spiro atoms. The van der Waals surface area contributed by atoms with Crippen LogP contribution in [0.4, 0.5) is 13.2 Å². The fourth-order valence-electron chi connectivity index (χ4n) is 1.54. The molecule has 1 aromatic carbocycles. The van der Waals surface area contributed by atoms with Crippen LogP contribution in [0.25, 0.3) is 5.69 Å². The van der Waals surface area contributed by atoms with Gasteiger partial charge in [0.1, 0.15) is 0 Å². The van der Waals surface area contributed by atoms with E-state index < -0.39 is 11.7 Å². The van der Waals surface area contributed by atoms with Crippen LogP contribution < -0.4 is 5.73 Å². The maximum absolute atomic E-state index is 12.4. The first kappa shape index (κ1) is 12.6. The summed E-state index contributed by atoms with van der Waals surface area (Å²) in [6.07, 6.45) is -2.61. The summed E-state index contributed by atoms with van der Waals surface area (Å²) in [5.74, 6) is 0. The Bertz CT molecular complexity index is 526. The SMILES string of the molecule is C[C@@H](N)c1ccc(-n2cc(C(F)(F)F)cn2)cc1. The van der Waals surface area contributed by atoms with E-state index in [0.29, 0.717) is 5.69 Å². The van der Waals surface area contributed by atoms with E-state index in [2.05, 4.69) is 5.10 Å². The van der Waals surface area contributed by atoms with Crippen LogP contribution in [0.3, 0.4) is 0 Å². The number of rotatable bonds is 2. The number of aromatic nitrogens is 2. The smallest absolute Gasteiger partial charge is 0.324 e. The van der Waals surface area contributed by atoms with E-state index in [0.717, 1.165) is 18.0 Å². The molecule has 0 saturated heterocycles. The van der Waals surface area contributed by atoms with Gasteiger partial charge in [-0.25, -0.2) is 4.68 Å². The van der Waals surface area contributed by atoms with Gasteiger partial charge in [-0.3, -0.25) is 0 Å². The number of hydrogen-bond donors (Lipinski definition) is 1. The molecule has 0 radical (unpaired) electrons. The van der Waals surface area contributed by atoms with Crippen LogP contribution in [-0.2, 0) is 6.18 Å². The van der Waals surface area contributed by atoms with Crippen LogP contribution in [0.15, 0.2) is 36.7 Å². The Morgan fingerprint density at radius 2 is 1.83 bits per heavy atom. The predicted octanol–water partition coefficient (Wildman–Crippen LogP) is 2.91. The molecule has 2 aromatic rings. The van der Waals surface area contributed by atoms with Crippen LogP contribution >= 0.6 is 0 Å². The second kappa shape index (κ2) is 4.45. The molecule has 0 fully saturated rings. The van der Waals surface area contributed by atoms with Crippen LogP contribution in [0, 0.1) is 0 Å². The molecule has 3 nitrogen and oxygen atoms in total. The van der Waals surface area contributed by atoms with Crippen LogP contribution in [0.2, 0.25) is 0 Å². The fraction of sp³-hybridized carbons (Fsp3) is 0.250. The number of nitrogens with zero attached hydrogens (tertiary/aromatic N) is 2. The number of alkyl halides is 3. The van der Waals surface area contributed by atoms with Gasteiger partial charge in [0.05, 0.1) is 17.4 Å². The number of benzene rings is 1.